The second kappa shape index (κ2) is 3.40. The summed E-state index contributed by atoms with van der Waals surface area (Å²) in [4.78, 5) is 14.3. The number of nitrogens with zero attached hydrogens (tertiary/aromatic N) is 1. The maximum atomic E-state index is 10.4. The van der Waals surface area contributed by atoms with E-state index in [2.05, 4.69) is 26.2 Å². The van der Waals surface area contributed by atoms with E-state index in [-0.39, 0.29) is 0 Å². The maximum Gasteiger partial charge on any atom is 0.317 e. The Hall–Kier alpha value is -1.30. The first kappa shape index (κ1) is 8.79. The lowest BCUT2D eigenvalue weighted by atomic mass is 10.4. The molecule has 0 aliphatic rings. The first-order valence-electron chi connectivity index (χ1n) is 3.07. The van der Waals surface area contributed by atoms with E-state index in [1.165, 1.54) is 6.20 Å². The Balaban J connectivity index is 2.93. The third kappa shape index (κ3) is 2.09. The van der Waals surface area contributed by atoms with Crippen LogP contribution in [-0.4, -0.2) is 11.0 Å². The molecule has 0 radical (unpaired) electrons. The van der Waals surface area contributed by atoms with Gasteiger partial charge in [0.25, 0.3) is 0 Å². The molecule has 1 heterocycles. The number of nitrogens with two attached hydrogens (primary N) is 2. The van der Waals surface area contributed by atoms with Gasteiger partial charge in [0.15, 0.2) is 0 Å². The third-order valence-electron chi connectivity index (χ3n) is 1.10. The average Bonchev–Trinajstić information content (AvgIpc) is 1.94. The topological polar surface area (TPSA) is 94.0 Å². The standard InChI is InChI=1S/C6H7BrN4O/c7-4-1-3(8)2-10-5(4)11-6(9)12/h1-2H,8H2,(H3,9,10,11,12). The summed E-state index contributed by atoms with van der Waals surface area (Å²) in [5, 5.41) is 2.33. The van der Waals surface area contributed by atoms with E-state index in [0.717, 1.165) is 0 Å². The summed E-state index contributed by atoms with van der Waals surface area (Å²) in [6.45, 7) is 0. The van der Waals surface area contributed by atoms with E-state index in [1.54, 1.807) is 6.07 Å². The molecule has 1 aromatic rings. The molecule has 5 nitrogen and oxygen atoms in total. The van der Waals surface area contributed by atoms with Crippen LogP contribution in [0.15, 0.2) is 16.7 Å². The molecule has 1 aromatic heterocycles. The molecule has 12 heavy (non-hydrogen) atoms. The van der Waals surface area contributed by atoms with E-state index >= 15 is 0 Å². The number of primary amides is 1. The van der Waals surface area contributed by atoms with E-state index < -0.39 is 6.03 Å². The van der Waals surface area contributed by atoms with Gasteiger partial charge in [0.2, 0.25) is 0 Å². The number of nitrogen functional groups attached to an aromatic ring is 1. The Labute approximate surface area is 77.3 Å². The molecule has 1 rings (SSSR count). The van der Waals surface area contributed by atoms with Crippen LogP contribution in [0.5, 0.6) is 0 Å². The monoisotopic (exact) mass is 230 g/mol. The van der Waals surface area contributed by atoms with Crippen LogP contribution in [0.4, 0.5) is 16.3 Å². The van der Waals surface area contributed by atoms with Gasteiger partial charge in [0.1, 0.15) is 5.82 Å². The van der Waals surface area contributed by atoms with Crippen molar-refractivity contribution in [2.24, 2.45) is 5.73 Å². The second-order valence-electron chi connectivity index (χ2n) is 2.09. The SMILES string of the molecule is NC(=O)Nc1ncc(N)cc1Br. The first-order valence-corrected chi connectivity index (χ1v) is 3.86. The zero-order valence-electron chi connectivity index (χ0n) is 6.04. The summed E-state index contributed by atoms with van der Waals surface area (Å²) < 4.78 is 0.598. The van der Waals surface area contributed by atoms with Gasteiger partial charge in [-0.1, -0.05) is 0 Å². The molecular weight excluding hydrogens is 224 g/mol. The summed E-state index contributed by atoms with van der Waals surface area (Å²) in [7, 11) is 0. The van der Waals surface area contributed by atoms with E-state index in [1.807, 2.05) is 0 Å². The smallest absolute Gasteiger partial charge is 0.317 e. The molecule has 0 spiro atoms. The van der Waals surface area contributed by atoms with Gasteiger partial charge >= 0.3 is 6.03 Å². The molecule has 6 heteroatoms. The lowest BCUT2D eigenvalue weighted by Crippen LogP contribution is -2.20. The Morgan fingerprint density at radius 3 is 2.83 bits per heavy atom. The van der Waals surface area contributed by atoms with Crippen molar-refractivity contribution < 1.29 is 4.79 Å². The van der Waals surface area contributed by atoms with Gasteiger partial charge in [0.05, 0.1) is 16.4 Å². The Bertz CT molecular complexity index is 314. The number of hydrogen-bond donors (Lipinski definition) is 3. The molecule has 0 unspecified atom stereocenters. The van der Waals surface area contributed by atoms with Crippen LogP contribution in [0.25, 0.3) is 0 Å². The molecule has 0 aliphatic heterocycles. The third-order valence-corrected chi connectivity index (χ3v) is 1.71. The Kier molecular flexibility index (Phi) is 2.49. The van der Waals surface area contributed by atoms with E-state index in [0.29, 0.717) is 16.0 Å². The van der Waals surface area contributed by atoms with Gasteiger partial charge < -0.3 is 11.5 Å². The number of carbonyl (C=O) groups is 1. The fourth-order valence-electron chi connectivity index (χ4n) is 0.661. The zero-order valence-corrected chi connectivity index (χ0v) is 7.63. The van der Waals surface area contributed by atoms with Crippen LogP contribution >= 0.6 is 15.9 Å². The van der Waals surface area contributed by atoms with E-state index in [4.69, 9.17) is 11.5 Å². The van der Waals surface area contributed by atoms with Crippen LogP contribution < -0.4 is 16.8 Å². The van der Waals surface area contributed by atoms with Gasteiger partial charge in [-0.05, 0) is 22.0 Å². The summed E-state index contributed by atoms with van der Waals surface area (Å²) in [5.74, 6) is 0.358. The predicted octanol–water partition coefficient (Wildman–Crippen LogP) is 0.917. The van der Waals surface area contributed by atoms with Crippen molar-refractivity contribution in [3.8, 4) is 0 Å². The maximum absolute atomic E-state index is 10.4. The van der Waals surface area contributed by atoms with Crippen LogP contribution in [-0.2, 0) is 0 Å². The van der Waals surface area contributed by atoms with Gasteiger partial charge in [-0.3, -0.25) is 5.32 Å². The van der Waals surface area contributed by atoms with Gasteiger partial charge in [-0.2, -0.15) is 0 Å². The van der Waals surface area contributed by atoms with Crippen LogP contribution in [0.2, 0.25) is 0 Å². The predicted molar refractivity (Wildman–Crippen MR) is 49.6 cm³/mol. The Morgan fingerprint density at radius 1 is 1.67 bits per heavy atom. The van der Waals surface area contributed by atoms with Gasteiger partial charge in [-0.15, -0.1) is 0 Å². The van der Waals surface area contributed by atoms with Crippen molar-refractivity contribution in [1.29, 1.82) is 0 Å². The van der Waals surface area contributed by atoms with Crippen LogP contribution in [0.3, 0.4) is 0 Å². The second-order valence-corrected chi connectivity index (χ2v) is 2.94. The molecule has 0 aromatic carbocycles. The number of anilines is 2. The molecule has 0 fully saturated rings. The highest BCUT2D eigenvalue weighted by Crippen LogP contribution is 2.21. The summed E-state index contributed by atoms with van der Waals surface area (Å²) >= 11 is 3.16. The van der Waals surface area contributed by atoms with Crippen molar-refractivity contribution in [3.05, 3.63) is 16.7 Å². The molecule has 0 bridgehead atoms. The van der Waals surface area contributed by atoms with Crippen molar-refractivity contribution in [2.75, 3.05) is 11.1 Å². The number of rotatable bonds is 1. The summed E-state index contributed by atoms with van der Waals surface area (Å²) in [6.07, 6.45) is 1.43. The highest BCUT2D eigenvalue weighted by atomic mass is 79.9. The lowest BCUT2D eigenvalue weighted by molar-refractivity contribution is 0.259. The number of pyridine rings is 1. The van der Waals surface area contributed by atoms with Gasteiger partial charge in [-0.25, -0.2) is 9.78 Å². The molecule has 0 atom stereocenters. The normalized spacial score (nSPS) is 9.42. The van der Waals surface area contributed by atoms with Gasteiger partial charge in [0, 0.05) is 0 Å². The molecule has 0 saturated carbocycles. The molecule has 0 saturated heterocycles. The lowest BCUT2D eigenvalue weighted by Gasteiger charge is -2.03. The zero-order chi connectivity index (χ0) is 9.14. The molecule has 64 valence electrons. The largest absolute Gasteiger partial charge is 0.397 e. The van der Waals surface area contributed by atoms with Crippen molar-refractivity contribution >= 4 is 33.5 Å². The summed E-state index contributed by atoms with van der Waals surface area (Å²) in [6, 6.07) is 0.964. The minimum Gasteiger partial charge on any atom is -0.397 e. The number of amides is 2. The van der Waals surface area contributed by atoms with Crippen molar-refractivity contribution in [1.82, 2.24) is 4.98 Å². The summed E-state index contributed by atoms with van der Waals surface area (Å²) in [5.41, 5.74) is 10.8. The average molecular weight is 231 g/mol. The number of urea groups is 1. The Morgan fingerprint density at radius 2 is 2.33 bits per heavy atom. The first-order chi connectivity index (χ1) is 5.59. The highest BCUT2D eigenvalue weighted by molar-refractivity contribution is 9.10. The highest BCUT2D eigenvalue weighted by Gasteiger charge is 2.02. The van der Waals surface area contributed by atoms with Crippen LogP contribution in [0, 0.1) is 0 Å². The van der Waals surface area contributed by atoms with E-state index in [9.17, 15) is 4.79 Å². The van der Waals surface area contributed by atoms with Crippen LogP contribution in [0.1, 0.15) is 0 Å². The quantitative estimate of drug-likeness (QED) is 0.670. The van der Waals surface area contributed by atoms with Crippen molar-refractivity contribution in [3.63, 3.8) is 0 Å². The fraction of sp³-hybridized carbons (Fsp3) is 0. The number of aromatic nitrogens is 1. The fourth-order valence-corrected chi connectivity index (χ4v) is 1.13. The number of hydrogen-bond acceptors (Lipinski definition) is 3. The number of carbonyl (C=O) groups excluding carboxylic acids is 1. The minimum absolute atomic E-state index is 0.358. The number of nitrogens with one attached hydrogen (secondary N) is 1. The minimum atomic E-state index is -0.659. The molecule has 0 aliphatic carbocycles. The number of halogens is 1. The molecular formula is C6H7BrN4O. The van der Waals surface area contributed by atoms with Crippen molar-refractivity contribution in [2.45, 2.75) is 0 Å². The molecule has 2 amide bonds. The molecule has 5 N–H and O–H groups in total.